The molecule has 1 fully saturated rings. The van der Waals surface area contributed by atoms with Crippen LogP contribution in [0.3, 0.4) is 0 Å². The van der Waals surface area contributed by atoms with E-state index in [-0.39, 0.29) is 11.3 Å². The molecule has 15 heavy (non-hydrogen) atoms. The van der Waals surface area contributed by atoms with Crippen molar-refractivity contribution in [3.8, 4) is 5.75 Å². The lowest BCUT2D eigenvalue weighted by Crippen LogP contribution is -2.10. The van der Waals surface area contributed by atoms with Crippen molar-refractivity contribution in [2.45, 2.75) is 18.8 Å². The first-order chi connectivity index (χ1) is 7.08. The third kappa shape index (κ3) is 1.58. The summed E-state index contributed by atoms with van der Waals surface area (Å²) < 4.78 is 5.06. The number of hydrogen-bond acceptors (Lipinski definition) is 2. The molecule has 2 unspecified atom stereocenters. The highest BCUT2D eigenvalue weighted by Gasteiger charge is 2.55. The topological polar surface area (TPSA) is 46.5 Å². The summed E-state index contributed by atoms with van der Waals surface area (Å²) in [6, 6.07) is 7.64. The van der Waals surface area contributed by atoms with Crippen LogP contribution in [0.5, 0.6) is 5.75 Å². The van der Waals surface area contributed by atoms with E-state index < -0.39 is 5.97 Å². The molecule has 0 saturated heterocycles. The first-order valence-corrected chi connectivity index (χ1v) is 4.95. The highest BCUT2D eigenvalue weighted by molar-refractivity contribution is 5.77. The Kier molecular flexibility index (Phi) is 2.18. The molecule has 3 nitrogen and oxygen atoms in total. The average molecular weight is 206 g/mol. The molecule has 0 heterocycles. The minimum atomic E-state index is -0.701. The second-order valence-corrected chi connectivity index (χ2v) is 4.24. The molecule has 1 N–H and O–H groups in total. The molecule has 1 aliphatic rings. The van der Waals surface area contributed by atoms with E-state index in [1.807, 2.05) is 31.2 Å². The van der Waals surface area contributed by atoms with Crippen LogP contribution in [0.1, 0.15) is 18.9 Å². The summed E-state index contributed by atoms with van der Waals surface area (Å²) in [5.41, 5.74) is 0.897. The molecule has 0 aliphatic heterocycles. The molecular weight excluding hydrogens is 192 g/mol. The summed E-state index contributed by atoms with van der Waals surface area (Å²) in [5.74, 6) is -0.130. The van der Waals surface area contributed by atoms with Gasteiger partial charge >= 0.3 is 5.97 Å². The molecule has 1 saturated carbocycles. The summed E-state index contributed by atoms with van der Waals surface area (Å²) in [6.07, 6.45) is 0.731. The van der Waals surface area contributed by atoms with Crippen LogP contribution in [0, 0.1) is 5.92 Å². The van der Waals surface area contributed by atoms with Gasteiger partial charge < -0.3 is 9.84 Å². The van der Waals surface area contributed by atoms with Gasteiger partial charge in [-0.3, -0.25) is 4.79 Å². The van der Waals surface area contributed by atoms with Crippen LogP contribution in [0.15, 0.2) is 24.3 Å². The third-order valence-corrected chi connectivity index (χ3v) is 3.28. The molecule has 0 aromatic heterocycles. The highest BCUT2D eigenvalue weighted by atomic mass is 16.5. The van der Waals surface area contributed by atoms with Gasteiger partial charge in [-0.1, -0.05) is 19.1 Å². The maximum Gasteiger partial charge on any atom is 0.307 e. The van der Waals surface area contributed by atoms with E-state index in [9.17, 15) is 4.79 Å². The summed E-state index contributed by atoms with van der Waals surface area (Å²) in [6.45, 7) is 1.99. The van der Waals surface area contributed by atoms with Gasteiger partial charge in [0.25, 0.3) is 0 Å². The molecule has 2 atom stereocenters. The van der Waals surface area contributed by atoms with Gasteiger partial charge in [0.05, 0.1) is 13.0 Å². The van der Waals surface area contributed by atoms with E-state index in [2.05, 4.69) is 0 Å². The van der Waals surface area contributed by atoms with Crippen molar-refractivity contribution in [3.05, 3.63) is 29.8 Å². The van der Waals surface area contributed by atoms with E-state index in [4.69, 9.17) is 9.84 Å². The number of carboxylic acids is 1. The SMILES string of the molecule is COc1ccc(C2(C)CC2C(=O)O)cc1. The minimum absolute atomic E-state index is 0.182. The maximum absolute atomic E-state index is 10.8. The molecular formula is C12H14O3. The zero-order chi connectivity index (χ0) is 11.1. The average Bonchev–Trinajstić information content (AvgIpc) is 2.93. The Morgan fingerprint density at radius 2 is 2.07 bits per heavy atom. The first-order valence-electron chi connectivity index (χ1n) is 4.95. The van der Waals surface area contributed by atoms with Crippen LogP contribution >= 0.6 is 0 Å². The van der Waals surface area contributed by atoms with E-state index >= 15 is 0 Å². The fourth-order valence-corrected chi connectivity index (χ4v) is 2.02. The Labute approximate surface area is 88.7 Å². The standard InChI is InChI=1S/C12H14O3/c1-12(7-10(12)11(13)14)8-3-5-9(15-2)6-4-8/h3-6,10H,7H2,1-2H3,(H,13,14). The van der Waals surface area contributed by atoms with Crippen molar-refractivity contribution >= 4 is 5.97 Å². The van der Waals surface area contributed by atoms with Gasteiger partial charge in [-0.2, -0.15) is 0 Å². The van der Waals surface area contributed by atoms with Crippen LogP contribution in [0.4, 0.5) is 0 Å². The highest BCUT2D eigenvalue weighted by Crippen LogP contribution is 2.54. The molecule has 1 aromatic rings. The maximum atomic E-state index is 10.8. The molecule has 80 valence electrons. The number of hydrogen-bond donors (Lipinski definition) is 1. The quantitative estimate of drug-likeness (QED) is 0.823. The van der Waals surface area contributed by atoms with Gasteiger partial charge in [0.15, 0.2) is 0 Å². The first kappa shape index (κ1) is 10.0. The van der Waals surface area contributed by atoms with E-state index in [1.54, 1.807) is 7.11 Å². The molecule has 0 spiro atoms. The molecule has 0 amide bonds. The Morgan fingerprint density at radius 1 is 1.47 bits per heavy atom. The summed E-state index contributed by atoms with van der Waals surface area (Å²) >= 11 is 0. The second kappa shape index (κ2) is 3.26. The Hall–Kier alpha value is -1.51. The zero-order valence-corrected chi connectivity index (χ0v) is 8.86. The number of rotatable bonds is 3. The number of carboxylic acid groups (broad SMARTS) is 1. The van der Waals surface area contributed by atoms with E-state index in [0.29, 0.717) is 0 Å². The van der Waals surface area contributed by atoms with Gasteiger partial charge in [0.2, 0.25) is 0 Å². The van der Waals surface area contributed by atoms with Gasteiger partial charge in [-0.15, -0.1) is 0 Å². The number of carbonyl (C=O) groups is 1. The van der Waals surface area contributed by atoms with E-state index in [1.165, 1.54) is 0 Å². The summed E-state index contributed by atoms with van der Waals surface area (Å²) in [5, 5.41) is 8.93. The molecule has 2 rings (SSSR count). The van der Waals surface area contributed by atoms with Crippen LogP contribution in [0.2, 0.25) is 0 Å². The van der Waals surface area contributed by atoms with Crippen molar-refractivity contribution in [3.63, 3.8) is 0 Å². The molecule has 3 heteroatoms. The van der Waals surface area contributed by atoms with Gasteiger partial charge in [0.1, 0.15) is 5.75 Å². The second-order valence-electron chi connectivity index (χ2n) is 4.24. The monoisotopic (exact) mass is 206 g/mol. The zero-order valence-electron chi connectivity index (χ0n) is 8.86. The van der Waals surface area contributed by atoms with Crippen LogP contribution in [-0.4, -0.2) is 18.2 Å². The van der Waals surface area contributed by atoms with E-state index in [0.717, 1.165) is 17.7 Å². The summed E-state index contributed by atoms with van der Waals surface area (Å²) in [7, 11) is 1.62. The van der Waals surface area contributed by atoms with Crippen molar-refractivity contribution in [2.75, 3.05) is 7.11 Å². The number of ether oxygens (including phenoxy) is 1. The predicted molar refractivity (Wildman–Crippen MR) is 56.1 cm³/mol. The Balaban J connectivity index is 2.21. The molecule has 0 radical (unpaired) electrons. The predicted octanol–water partition coefficient (Wildman–Crippen LogP) is 2.06. The molecule has 1 aromatic carbocycles. The van der Waals surface area contributed by atoms with Crippen molar-refractivity contribution < 1.29 is 14.6 Å². The van der Waals surface area contributed by atoms with Crippen LogP contribution in [-0.2, 0) is 10.2 Å². The fourth-order valence-electron chi connectivity index (χ4n) is 2.02. The van der Waals surface area contributed by atoms with Crippen molar-refractivity contribution in [1.29, 1.82) is 0 Å². The summed E-state index contributed by atoms with van der Waals surface area (Å²) in [4.78, 5) is 10.8. The molecule has 0 bridgehead atoms. The fraction of sp³-hybridized carbons (Fsp3) is 0.417. The van der Waals surface area contributed by atoms with Crippen molar-refractivity contribution in [2.24, 2.45) is 5.92 Å². The lowest BCUT2D eigenvalue weighted by Gasteiger charge is -2.10. The van der Waals surface area contributed by atoms with Crippen LogP contribution < -0.4 is 4.74 Å². The lowest BCUT2D eigenvalue weighted by atomic mass is 9.95. The van der Waals surface area contributed by atoms with Crippen LogP contribution in [0.25, 0.3) is 0 Å². The number of benzene rings is 1. The van der Waals surface area contributed by atoms with Gasteiger partial charge in [-0.05, 0) is 24.1 Å². The number of methoxy groups -OCH3 is 1. The molecule has 1 aliphatic carbocycles. The number of aliphatic carboxylic acids is 1. The van der Waals surface area contributed by atoms with Crippen molar-refractivity contribution in [1.82, 2.24) is 0 Å². The minimum Gasteiger partial charge on any atom is -0.497 e. The largest absolute Gasteiger partial charge is 0.497 e. The Morgan fingerprint density at radius 3 is 2.47 bits per heavy atom. The van der Waals surface area contributed by atoms with Gasteiger partial charge in [0, 0.05) is 5.41 Å². The lowest BCUT2D eigenvalue weighted by molar-refractivity contribution is -0.138. The smallest absolute Gasteiger partial charge is 0.307 e. The normalized spacial score (nSPS) is 28.5. The van der Waals surface area contributed by atoms with Gasteiger partial charge in [-0.25, -0.2) is 0 Å². The third-order valence-electron chi connectivity index (χ3n) is 3.28. The Bertz CT molecular complexity index is 382.